The quantitative estimate of drug-likeness (QED) is 0.809. The maximum Gasteiger partial charge on any atom is 0.409 e. The fourth-order valence-corrected chi connectivity index (χ4v) is 2.75. The number of ether oxygens (including phenoxy) is 1. The lowest BCUT2D eigenvalue weighted by atomic mass is 10.0. The number of aromatic nitrogens is 2. The highest BCUT2D eigenvalue weighted by molar-refractivity contribution is 5.68. The van der Waals surface area contributed by atoms with E-state index in [2.05, 4.69) is 10.2 Å². The van der Waals surface area contributed by atoms with Crippen molar-refractivity contribution in [2.24, 2.45) is 0 Å². The normalized spacial score (nSPS) is 11.9. The number of amides is 1. The molecule has 0 aliphatic carbocycles. The minimum Gasteiger partial charge on any atom is -0.453 e. The molecule has 0 fully saturated rings. The number of aryl methyl sites for hydroxylation is 1. The van der Waals surface area contributed by atoms with Gasteiger partial charge in [0.25, 0.3) is 0 Å². The van der Waals surface area contributed by atoms with Crippen LogP contribution in [0.5, 0.6) is 0 Å². The number of rotatable bonds is 5. The Labute approximate surface area is 145 Å². The Bertz CT molecular complexity index is 748. The van der Waals surface area contributed by atoms with Crippen LogP contribution >= 0.6 is 0 Å². The molecule has 1 atom stereocenters. The van der Waals surface area contributed by atoms with Gasteiger partial charge in [-0.3, -0.25) is 0 Å². The fraction of sp³-hybridized carbons (Fsp3) is 0.389. The number of carbonyl (C=O) groups excluding carboxylic acids is 1. The molecule has 0 spiro atoms. The third-order valence-electron chi connectivity index (χ3n) is 4.05. The molecule has 25 heavy (non-hydrogen) atoms. The first-order chi connectivity index (χ1) is 11.9. The lowest BCUT2D eigenvalue weighted by molar-refractivity contribution is 0.114. The summed E-state index contributed by atoms with van der Waals surface area (Å²) in [5.41, 5.74) is 1.18. The van der Waals surface area contributed by atoms with Gasteiger partial charge in [-0.05, 0) is 37.1 Å². The van der Waals surface area contributed by atoms with Gasteiger partial charge in [-0.15, -0.1) is 5.10 Å². The van der Waals surface area contributed by atoms with Crippen LogP contribution < -0.4 is 0 Å². The van der Waals surface area contributed by atoms with Gasteiger partial charge in [-0.1, -0.05) is 19.4 Å². The Balaban J connectivity index is 2.45. The van der Waals surface area contributed by atoms with E-state index in [1.807, 2.05) is 6.92 Å². The number of hydrogen-bond acceptors (Lipinski definition) is 4. The van der Waals surface area contributed by atoms with Gasteiger partial charge in [0.15, 0.2) is 0 Å². The van der Waals surface area contributed by atoms with Gasteiger partial charge in [0.1, 0.15) is 11.6 Å². The van der Waals surface area contributed by atoms with Crippen LogP contribution in [0.1, 0.15) is 37.1 Å². The maximum absolute atomic E-state index is 14.0. The molecule has 2 aromatic rings. The number of benzene rings is 1. The maximum atomic E-state index is 14.0. The van der Waals surface area contributed by atoms with Crippen LogP contribution in [0.2, 0.25) is 0 Å². The molecule has 7 heteroatoms. The first-order valence-corrected chi connectivity index (χ1v) is 8.00. The van der Waals surface area contributed by atoms with Crippen molar-refractivity contribution in [2.45, 2.75) is 32.7 Å². The summed E-state index contributed by atoms with van der Waals surface area (Å²) in [4.78, 5) is 13.3. The van der Waals surface area contributed by atoms with E-state index in [0.717, 1.165) is 6.42 Å². The summed E-state index contributed by atoms with van der Waals surface area (Å²) in [6.45, 7) is 3.77. The molecule has 0 saturated carbocycles. The average molecular weight is 349 g/mol. The summed E-state index contributed by atoms with van der Waals surface area (Å²) in [7, 11) is 2.93. The Morgan fingerprint density at radius 3 is 2.44 bits per heavy atom. The molecule has 0 radical (unpaired) electrons. The summed E-state index contributed by atoms with van der Waals surface area (Å²) in [5.74, 6) is -1.39. The van der Waals surface area contributed by atoms with Crippen LogP contribution in [-0.4, -0.2) is 35.3 Å². The van der Waals surface area contributed by atoms with Gasteiger partial charge >= 0.3 is 6.09 Å². The molecule has 0 bridgehead atoms. The molecule has 1 aromatic carbocycles. The highest BCUT2D eigenvalue weighted by atomic mass is 19.1. The minimum absolute atomic E-state index is 0.118. The predicted molar refractivity (Wildman–Crippen MR) is 89.9 cm³/mol. The molecule has 1 amide bonds. The number of halogens is 2. The number of hydrogen-bond donors (Lipinski definition) is 0. The molecule has 0 aliphatic rings. The largest absolute Gasteiger partial charge is 0.453 e. The molecule has 1 heterocycles. The molecule has 1 unspecified atom stereocenters. The van der Waals surface area contributed by atoms with Gasteiger partial charge < -0.3 is 9.64 Å². The van der Waals surface area contributed by atoms with Crippen LogP contribution in [-0.2, 0) is 4.74 Å². The van der Waals surface area contributed by atoms with Crippen molar-refractivity contribution in [3.05, 3.63) is 47.2 Å². The molecule has 0 saturated heterocycles. The third kappa shape index (κ3) is 3.92. The second-order valence-electron chi connectivity index (χ2n) is 5.78. The van der Waals surface area contributed by atoms with Gasteiger partial charge in [0.2, 0.25) is 0 Å². The van der Waals surface area contributed by atoms with Crippen molar-refractivity contribution >= 4 is 6.09 Å². The zero-order valence-electron chi connectivity index (χ0n) is 14.7. The summed E-state index contributed by atoms with van der Waals surface area (Å²) >= 11 is 0. The SMILES string of the molecule is CCCC(c1nnc(-c2c(F)cccc2F)cc1C)N(C)C(=O)OC. The van der Waals surface area contributed by atoms with Crippen LogP contribution in [0, 0.1) is 18.6 Å². The van der Waals surface area contributed by atoms with Gasteiger partial charge in [0, 0.05) is 7.05 Å². The number of nitrogens with zero attached hydrogens (tertiary/aromatic N) is 3. The highest BCUT2D eigenvalue weighted by Crippen LogP contribution is 2.29. The second kappa shape index (κ2) is 8.00. The van der Waals surface area contributed by atoms with Crippen molar-refractivity contribution in [2.75, 3.05) is 14.2 Å². The van der Waals surface area contributed by atoms with Crippen molar-refractivity contribution < 1.29 is 18.3 Å². The van der Waals surface area contributed by atoms with Gasteiger partial charge in [0.05, 0.1) is 30.1 Å². The molecule has 5 nitrogen and oxygen atoms in total. The van der Waals surface area contributed by atoms with Crippen LogP contribution in [0.4, 0.5) is 13.6 Å². The average Bonchev–Trinajstić information content (AvgIpc) is 2.59. The Morgan fingerprint density at radius 2 is 1.92 bits per heavy atom. The van der Waals surface area contributed by atoms with Crippen LogP contribution in [0.3, 0.4) is 0 Å². The zero-order valence-corrected chi connectivity index (χ0v) is 14.7. The van der Waals surface area contributed by atoms with E-state index in [0.29, 0.717) is 17.7 Å². The van der Waals surface area contributed by atoms with Crippen molar-refractivity contribution in [3.8, 4) is 11.3 Å². The first kappa shape index (κ1) is 18.8. The lowest BCUT2D eigenvalue weighted by Crippen LogP contribution is -2.32. The summed E-state index contributed by atoms with van der Waals surface area (Å²) < 4.78 is 32.7. The van der Waals surface area contributed by atoms with Crippen molar-refractivity contribution in [1.82, 2.24) is 15.1 Å². The topological polar surface area (TPSA) is 55.3 Å². The molecule has 0 N–H and O–H groups in total. The Hall–Kier alpha value is -2.57. The zero-order chi connectivity index (χ0) is 18.6. The Kier molecular flexibility index (Phi) is 6.01. The Morgan fingerprint density at radius 1 is 1.28 bits per heavy atom. The summed E-state index contributed by atoms with van der Waals surface area (Å²) in [6, 6.07) is 4.90. The summed E-state index contributed by atoms with van der Waals surface area (Å²) in [5, 5.41) is 8.15. The van der Waals surface area contributed by atoms with E-state index in [1.54, 1.807) is 20.0 Å². The molecule has 134 valence electrons. The van der Waals surface area contributed by atoms with Crippen LogP contribution in [0.15, 0.2) is 24.3 Å². The summed E-state index contributed by atoms with van der Waals surface area (Å²) in [6.07, 6.45) is 0.995. The number of methoxy groups -OCH3 is 1. The molecule has 2 rings (SSSR count). The van der Waals surface area contributed by atoms with E-state index in [1.165, 1.54) is 30.2 Å². The van der Waals surface area contributed by atoms with E-state index < -0.39 is 17.7 Å². The van der Waals surface area contributed by atoms with E-state index in [-0.39, 0.29) is 17.3 Å². The van der Waals surface area contributed by atoms with Gasteiger partial charge in [-0.25, -0.2) is 13.6 Å². The lowest BCUT2D eigenvalue weighted by Gasteiger charge is -2.27. The minimum atomic E-state index is -0.696. The van der Waals surface area contributed by atoms with Crippen LogP contribution in [0.25, 0.3) is 11.3 Å². The van der Waals surface area contributed by atoms with E-state index >= 15 is 0 Å². The molecule has 0 aliphatic heterocycles. The monoisotopic (exact) mass is 349 g/mol. The molecular weight excluding hydrogens is 328 g/mol. The van der Waals surface area contributed by atoms with Crippen molar-refractivity contribution in [3.63, 3.8) is 0 Å². The van der Waals surface area contributed by atoms with E-state index in [4.69, 9.17) is 4.74 Å². The number of carbonyl (C=O) groups is 1. The highest BCUT2D eigenvalue weighted by Gasteiger charge is 2.25. The second-order valence-corrected chi connectivity index (χ2v) is 5.78. The van der Waals surface area contributed by atoms with Gasteiger partial charge in [-0.2, -0.15) is 5.10 Å². The molecule has 1 aromatic heterocycles. The smallest absolute Gasteiger partial charge is 0.409 e. The molecular formula is C18H21F2N3O2. The predicted octanol–water partition coefficient (Wildman–Crippen LogP) is 4.27. The fourth-order valence-electron chi connectivity index (χ4n) is 2.75. The standard InChI is InChI=1S/C18H21F2N3O2/c1-5-7-15(23(3)18(24)25-4)17-11(2)10-14(21-22-17)16-12(19)8-6-9-13(16)20/h6,8-10,15H,5,7H2,1-4H3. The van der Waals surface area contributed by atoms with Crippen molar-refractivity contribution in [1.29, 1.82) is 0 Å². The first-order valence-electron chi connectivity index (χ1n) is 8.00. The van der Waals surface area contributed by atoms with E-state index in [9.17, 15) is 13.6 Å². The third-order valence-corrected chi connectivity index (χ3v) is 4.05.